The van der Waals surface area contributed by atoms with Gasteiger partial charge in [0.2, 0.25) is 15.9 Å². The normalized spacial score (nSPS) is 18.0. The summed E-state index contributed by atoms with van der Waals surface area (Å²) in [5.41, 5.74) is 1.89. The first-order valence-corrected chi connectivity index (χ1v) is 15.7. The first-order chi connectivity index (χ1) is 19.6. The molecule has 10 nitrogen and oxygen atoms in total. The van der Waals surface area contributed by atoms with E-state index < -0.39 is 21.4 Å². The Morgan fingerprint density at radius 1 is 1.02 bits per heavy atom. The fourth-order valence-electron chi connectivity index (χ4n) is 4.77. The number of hydrogen-bond donors (Lipinski definition) is 0. The van der Waals surface area contributed by atoms with Crippen molar-refractivity contribution in [3.63, 3.8) is 0 Å². The molecule has 5 rings (SSSR count). The van der Waals surface area contributed by atoms with Crippen molar-refractivity contribution in [2.24, 2.45) is 0 Å². The van der Waals surface area contributed by atoms with Crippen molar-refractivity contribution < 1.29 is 27.5 Å². The largest absolute Gasteiger partial charge is 0.496 e. The van der Waals surface area contributed by atoms with Gasteiger partial charge in [-0.25, -0.2) is 18.2 Å². The Bertz CT molecular complexity index is 1580. The second-order valence-corrected chi connectivity index (χ2v) is 13.0. The van der Waals surface area contributed by atoms with Gasteiger partial charge in [0, 0.05) is 36.8 Å². The first-order valence-electron chi connectivity index (χ1n) is 12.5. The molecule has 2 aromatic carbocycles. The van der Waals surface area contributed by atoms with Crippen molar-refractivity contribution in [1.29, 1.82) is 0 Å². The van der Waals surface area contributed by atoms with Crippen LogP contribution in [0.15, 0.2) is 59.6 Å². The Morgan fingerprint density at radius 3 is 2.44 bits per heavy atom. The van der Waals surface area contributed by atoms with Crippen LogP contribution in [0, 0.1) is 0 Å². The van der Waals surface area contributed by atoms with E-state index >= 15 is 0 Å². The predicted octanol–water partition coefficient (Wildman–Crippen LogP) is 4.47. The Labute approximate surface area is 252 Å². The third kappa shape index (κ3) is 5.84. The second-order valence-electron chi connectivity index (χ2n) is 9.22. The lowest BCUT2D eigenvalue weighted by atomic mass is 10.1. The molecule has 3 aromatic rings. The van der Waals surface area contributed by atoms with Gasteiger partial charge in [0.1, 0.15) is 21.8 Å². The van der Waals surface area contributed by atoms with Gasteiger partial charge in [-0.05, 0) is 42.5 Å². The highest BCUT2D eigenvalue weighted by atomic mass is 35.5. The standard InChI is InChI=1S/C27H26Cl2N4O6S2/c1-38-22-13-17(27(35)39-2)3-6-20(22)26-33(25(34)16-40-26)24-8-5-19(15-30-24)31-9-11-32(12-10-31)41(36,37)23-14-18(28)4-7-21(23)29/h3-8,13-15,26H,9-12,16H2,1-2H3. The monoisotopic (exact) mass is 636 g/mol. The molecule has 216 valence electrons. The number of benzene rings is 2. The minimum Gasteiger partial charge on any atom is -0.496 e. The summed E-state index contributed by atoms with van der Waals surface area (Å²) < 4.78 is 38.1. The molecular weight excluding hydrogens is 611 g/mol. The molecule has 2 saturated heterocycles. The summed E-state index contributed by atoms with van der Waals surface area (Å²) in [5, 5.41) is 0.0303. The van der Waals surface area contributed by atoms with Crippen LogP contribution in [-0.4, -0.2) is 75.7 Å². The number of amides is 1. The number of thioether (sulfide) groups is 1. The van der Waals surface area contributed by atoms with Crippen molar-refractivity contribution in [2.75, 3.05) is 56.0 Å². The second kappa shape index (κ2) is 12.1. The zero-order valence-corrected chi connectivity index (χ0v) is 25.3. The summed E-state index contributed by atoms with van der Waals surface area (Å²) in [5.74, 6) is 0.630. The summed E-state index contributed by atoms with van der Waals surface area (Å²) in [4.78, 5) is 33.1. The number of halogens is 2. The van der Waals surface area contributed by atoms with Crippen LogP contribution >= 0.6 is 35.0 Å². The van der Waals surface area contributed by atoms with E-state index in [1.54, 1.807) is 41.4 Å². The molecule has 1 atom stereocenters. The quantitative estimate of drug-likeness (QED) is 0.347. The van der Waals surface area contributed by atoms with E-state index in [4.69, 9.17) is 32.7 Å². The number of esters is 1. The maximum atomic E-state index is 13.2. The van der Waals surface area contributed by atoms with Crippen LogP contribution in [0.3, 0.4) is 0 Å². The van der Waals surface area contributed by atoms with Gasteiger partial charge >= 0.3 is 5.97 Å². The summed E-state index contributed by atoms with van der Waals surface area (Å²) in [6.45, 7) is 1.42. The van der Waals surface area contributed by atoms with Gasteiger partial charge in [0.15, 0.2) is 0 Å². The summed E-state index contributed by atoms with van der Waals surface area (Å²) in [7, 11) is -0.983. The van der Waals surface area contributed by atoms with E-state index in [2.05, 4.69) is 4.98 Å². The maximum Gasteiger partial charge on any atom is 0.337 e. The number of anilines is 2. The summed E-state index contributed by atoms with van der Waals surface area (Å²) in [6, 6.07) is 13.0. The van der Waals surface area contributed by atoms with Crippen LogP contribution < -0.4 is 14.5 Å². The molecule has 0 bridgehead atoms. The van der Waals surface area contributed by atoms with E-state index in [0.717, 1.165) is 11.3 Å². The highest BCUT2D eigenvalue weighted by Gasteiger charge is 2.37. The Hall–Kier alpha value is -3.03. The molecule has 0 aliphatic carbocycles. The van der Waals surface area contributed by atoms with E-state index in [1.807, 2.05) is 11.0 Å². The molecule has 1 unspecified atom stereocenters. The molecule has 1 amide bonds. The van der Waals surface area contributed by atoms with Crippen molar-refractivity contribution in [1.82, 2.24) is 9.29 Å². The topological polar surface area (TPSA) is 109 Å². The number of aromatic nitrogens is 1. The van der Waals surface area contributed by atoms with Crippen LogP contribution in [0.1, 0.15) is 21.3 Å². The molecule has 3 heterocycles. The fraction of sp³-hybridized carbons (Fsp3) is 0.296. The van der Waals surface area contributed by atoms with Gasteiger partial charge in [-0.2, -0.15) is 4.31 Å². The van der Waals surface area contributed by atoms with Crippen LogP contribution in [0.5, 0.6) is 5.75 Å². The van der Waals surface area contributed by atoms with Crippen molar-refractivity contribution in [3.8, 4) is 5.75 Å². The molecule has 41 heavy (non-hydrogen) atoms. The SMILES string of the molecule is COC(=O)c1ccc(C2SCC(=O)N2c2ccc(N3CCN(S(=O)(=O)c4cc(Cl)ccc4Cl)CC3)cn2)c(OC)c1. The lowest BCUT2D eigenvalue weighted by molar-refractivity contribution is -0.115. The fourth-order valence-corrected chi connectivity index (χ4v) is 8.12. The smallest absolute Gasteiger partial charge is 0.337 e. The number of carbonyl (C=O) groups excluding carboxylic acids is 2. The Balaban J connectivity index is 1.31. The minimum atomic E-state index is -3.80. The number of hydrogen-bond acceptors (Lipinski definition) is 9. The molecule has 2 fully saturated rings. The predicted molar refractivity (Wildman–Crippen MR) is 159 cm³/mol. The Morgan fingerprint density at radius 2 is 1.78 bits per heavy atom. The van der Waals surface area contributed by atoms with E-state index in [-0.39, 0.29) is 34.7 Å². The van der Waals surface area contributed by atoms with Gasteiger partial charge in [0.05, 0.1) is 42.4 Å². The lowest BCUT2D eigenvalue weighted by Crippen LogP contribution is -2.48. The highest BCUT2D eigenvalue weighted by Crippen LogP contribution is 2.44. The molecule has 0 radical (unpaired) electrons. The van der Waals surface area contributed by atoms with Crippen LogP contribution in [-0.2, 0) is 19.6 Å². The van der Waals surface area contributed by atoms with Crippen molar-refractivity contribution >= 4 is 68.4 Å². The van der Waals surface area contributed by atoms with Gasteiger partial charge in [0.25, 0.3) is 0 Å². The maximum absolute atomic E-state index is 13.2. The number of ether oxygens (including phenoxy) is 2. The van der Waals surface area contributed by atoms with Crippen molar-refractivity contribution in [3.05, 3.63) is 75.9 Å². The molecule has 0 N–H and O–H groups in total. The average molecular weight is 638 g/mol. The molecule has 1 aromatic heterocycles. The van der Waals surface area contributed by atoms with Crippen LogP contribution in [0.2, 0.25) is 10.0 Å². The number of pyridine rings is 1. The van der Waals surface area contributed by atoms with Gasteiger partial charge in [-0.3, -0.25) is 9.69 Å². The number of nitrogens with zero attached hydrogens (tertiary/aromatic N) is 4. The third-order valence-corrected chi connectivity index (χ3v) is 10.7. The number of carbonyl (C=O) groups is 2. The molecule has 0 spiro atoms. The molecule has 2 aliphatic rings. The lowest BCUT2D eigenvalue weighted by Gasteiger charge is -2.35. The highest BCUT2D eigenvalue weighted by molar-refractivity contribution is 8.00. The number of piperazine rings is 1. The summed E-state index contributed by atoms with van der Waals surface area (Å²) >= 11 is 13.6. The zero-order chi connectivity index (χ0) is 29.3. The molecule has 2 aliphatic heterocycles. The molecule has 0 saturated carbocycles. The van der Waals surface area contributed by atoms with E-state index in [1.165, 1.54) is 42.4 Å². The minimum absolute atomic E-state index is 0.00888. The molecular formula is C27H26Cl2N4O6S2. The van der Waals surface area contributed by atoms with Gasteiger partial charge in [-0.15, -0.1) is 11.8 Å². The molecule has 14 heteroatoms. The third-order valence-electron chi connectivity index (χ3n) is 6.88. The van der Waals surface area contributed by atoms with Crippen LogP contribution in [0.25, 0.3) is 0 Å². The van der Waals surface area contributed by atoms with Gasteiger partial charge in [-0.1, -0.05) is 29.3 Å². The number of rotatable bonds is 7. The Kier molecular flexibility index (Phi) is 8.67. The number of methoxy groups -OCH3 is 2. The van der Waals surface area contributed by atoms with Crippen LogP contribution in [0.4, 0.5) is 11.5 Å². The zero-order valence-electron chi connectivity index (χ0n) is 22.1. The number of sulfonamides is 1. The van der Waals surface area contributed by atoms with E-state index in [0.29, 0.717) is 35.2 Å². The van der Waals surface area contributed by atoms with Gasteiger partial charge < -0.3 is 14.4 Å². The summed E-state index contributed by atoms with van der Waals surface area (Å²) in [6.07, 6.45) is 1.68. The van der Waals surface area contributed by atoms with Crippen molar-refractivity contribution in [2.45, 2.75) is 10.3 Å². The van der Waals surface area contributed by atoms with E-state index in [9.17, 15) is 18.0 Å². The first kappa shape index (κ1) is 29.5. The average Bonchev–Trinajstić information content (AvgIpc) is 3.38.